The minimum absolute atomic E-state index is 0.0409. The van der Waals surface area contributed by atoms with Gasteiger partial charge in [0.15, 0.2) is 0 Å². The van der Waals surface area contributed by atoms with Crippen molar-refractivity contribution in [3.63, 3.8) is 0 Å². The van der Waals surface area contributed by atoms with Gasteiger partial charge in [0.25, 0.3) is 0 Å². The van der Waals surface area contributed by atoms with E-state index in [1.54, 1.807) is 0 Å². The standard InChI is InChI=1S/C13H23N3O/c1-8(2)16-10(4)12(9(3)15-16)13(7-14)5-11(17)6-13/h8,11,17H,5-7,14H2,1-4H3. The second kappa shape index (κ2) is 4.10. The molecule has 4 heteroatoms. The van der Waals surface area contributed by atoms with Gasteiger partial charge in [-0.15, -0.1) is 0 Å². The Bertz CT molecular complexity index is 417. The molecule has 0 saturated heterocycles. The number of aromatic nitrogens is 2. The maximum atomic E-state index is 9.59. The van der Waals surface area contributed by atoms with Crippen molar-refractivity contribution in [1.29, 1.82) is 0 Å². The van der Waals surface area contributed by atoms with Crippen LogP contribution in [0.1, 0.15) is 49.7 Å². The van der Waals surface area contributed by atoms with E-state index in [9.17, 15) is 5.11 Å². The van der Waals surface area contributed by atoms with Crippen LogP contribution >= 0.6 is 0 Å². The van der Waals surface area contributed by atoms with Gasteiger partial charge in [0.1, 0.15) is 0 Å². The highest BCUT2D eigenvalue weighted by molar-refractivity contribution is 5.37. The van der Waals surface area contributed by atoms with Crippen molar-refractivity contribution in [3.05, 3.63) is 17.0 Å². The first-order valence-electron chi connectivity index (χ1n) is 6.35. The zero-order chi connectivity index (χ0) is 12.8. The molecule has 1 aliphatic rings. The quantitative estimate of drug-likeness (QED) is 0.836. The molecule has 0 spiro atoms. The topological polar surface area (TPSA) is 64.1 Å². The van der Waals surface area contributed by atoms with Crippen LogP contribution in [-0.4, -0.2) is 27.5 Å². The largest absolute Gasteiger partial charge is 0.393 e. The molecular weight excluding hydrogens is 214 g/mol. The third-order valence-corrected chi connectivity index (χ3v) is 3.99. The number of aryl methyl sites for hydroxylation is 1. The van der Waals surface area contributed by atoms with Crippen LogP contribution in [0.3, 0.4) is 0 Å². The number of aliphatic hydroxyl groups is 1. The van der Waals surface area contributed by atoms with Gasteiger partial charge < -0.3 is 10.8 Å². The minimum Gasteiger partial charge on any atom is -0.393 e. The number of nitrogens with two attached hydrogens (primary N) is 1. The Kier molecular flexibility index (Phi) is 3.04. The maximum Gasteiger partial charge on any atom is 0.0634 e. The lowest BCUT2D eigenvalue weighted by molar-refractivity contribution is 0.0215. The average molecular weight is 237 g/mol. The predicted octanol–water partition coefficient (Wildman–Crippen LogP) is 1.43. The summed E-state index contributed by atoms with van der Waals surface area (Å²) in [5.74, 6) is 0. The number of hydrogen-bond donors (Lipinski definition) is 2. The van der Waals surface area contributed by atoms with Crippen molar-refractivity contribution in [2.24, 2.45) is 5.73 Å². The SMILES string of the molecule is Cc1nn(C(C)C)c(C)c1C1(CN)CC(O)C1. The minimum atomic E-state index is -0.195. The first kappa shape index (κ1) is 12.6. The molecule has 2 rings (SSSR count). The Morgan fingerprint density at radius 2 is 2.06 bits per heavy atom. The molecule has 0 aromatic carbocycles. The second-order valence-corrected chi connectivity index (χ2v) is 5.63. The van der Waals surface area contributed by atoms with Crippen molar-refractivity contribution >= 4 is 0 Å². The van der Waals surface area contributed by atoms with Gasteiger partial charge >= 0.3 is 0 Å². The van der Waals surface area contributed by atoms with Gasteiger partial charge in [0, 0.05) is 29.3 Å². The normalized spacial score (nSPS) is 28.5. The van der Waals surface area contributed by atoms with E-state index in [1.165, 1.54) is 11.3 Å². The summed E-state index contributed by atoms with van der Waals surface area (Å²) in [5.41, 5.74) is 9.43. The number of nitrogens with zero attached hydrogens (tertiary/aromatic N) is 2. The lowest BCUT2D eigenvalue weighted by Crippen LogP contribution is -2.50. The Labute approximate surface area is 103 Å². The van der Waals surface area contributed by atoms with Gasteiger partial charge in [0.05, 0.1) is 11.8 Å². The molecule has 96 valence electrons. The molecule has 0 unspecified atom stereocenters. The van der Waals surface area contributed by atoms with E-state index in [-0.39, 0.29) is 11.5 Å². The van der Waals surface area contributed by atoms with Gasteiger partial charge in [-0.05, 0) is 40.5 Å². The van der Waals surface area contributed by atoms with Crippen molar-refractivity contribution in [3.8, 4) is 0 Å². The molecule has 0 radical (unpaired) electrons. The lowest BCUT2D eigenvalue weighted by Gasteiger charge is -2.45. The Morgan fingerprint density at radius 3 is 2.41 bits per heavy atom. The van der Waals surface area contributed by atoms with Crippen molar-refractivity contribution in [2.45, 2.75) is 58.1 Å². The van der Waals surface area contributed by atoms with Crippen LogP contribution in [-0.2, 0) is 5.41 Å². The molecule has 1 aromatic heterocycles. The lowest BCUT2D eigenvalue weighted by atomic mass is 9.62. The monoisotopic (exact) mass is 237 g/mol. The molecule has 17 heavy (non-hydrogen) atoms. The molecule has 1 aliphatic carbocycles. The molecule has 4 nitrogen and oxygen atoms in total. The molecule has 3 N–H and O–H groups in total. The fraction of sp³-hybridized carbons (Fsp3) is 0.769. The average Bonchev–Trinajstić information content (AvgIpc) is 2.50. The Hall–Kier alpha value is -0.870. The molecule has 0 aliphatic heterocycles. The summed E-state index contributed by atoms with van der Waals surface area (Å²) in [7, 11) is 0. The third kappa shape index (κ3) is 1.79. The molecule has 1 saturated carbocycles. The molecule has 0 amide bonds. The molecule has 1 fully saturated rings. The van der Waals surface area contributed by atoms with E-state index in [1.807, 2.05) is 6.92 Å². The van der Waals surface area contributed by atoms with E-state index in [2.05, 4.69) is 30.6 Å². The van der Waals surface area contributed by atoms with Crippen LogP contribution in [0.5, 0.6) is 0 Å². The van der Waals surface area contributed by atoms with E-state index in [0.717, 1.165) is 18.5 Å². The van der Waals surface area contributed by atoms with E-state index >= 15 is 0 Å². The van der Waals surface area contributed by atoms with Crippen LogP contribution in [0.25, 0.3) is 0 Å². The first-order valence-corrected chi connectivity index (χ1v) is 6.35. The molecule has 0 atom stereocenters. The van der Waals surface area contributed by atoms with Crippen LogP contribution in [0, 0.1) is 13.8 Å². The summed E-state index contributed by atoms with van der Waals surface area (Å²) >= 11 is 0. The summed E-state index contributed by atoms with van der Waals surface area (Å²) in [6.07, 6.45) is 1.35. The first-order chi connectivity index (χ1) is 7.91. The van der Waals surface area contributed by atoms with E-state index < -0.39 is 0 Å². The van der Waals surface area contributed by atoms with Gasteiger partial charge in [-0.2, -0.15) is 5.10 Å². The highest BCUT2D eigenvalue weighted by Crippen LogP contribution is 2.45. The van der Waals surface area contributed by atoms with Crippen molar-refractivity contribution in [1.82, 2.24) is 9.78 Å². The predicted molar refractivity (Wildman–Crippen MR) is 68.1 cm³/mol. The van der Waals surface area contributed by atoms with E-state index in [0.29, 0.717) is 12.6 Å². The van der Waals surface area contributed by atoms with Crippen LogP contribution in [0.2, 0.25) is 0 Å². The summed E-state index contributed by atoms with van der Waals surface area (Å²) < 4.78 is 2.06. The summed E-state index contributed by atoms with van der Waals surface area (Å²) in [5, 5.41) is 14.2. The maximum absolute atomic E-state index is 9.59. The van der Waals surface area contributed by atoms with Gasteiger partial charge in [0.2, 0.25) is 0 Å². The summed E-state index contributed by atoms with van der Waals surface area (Å²) in [6.45, 7) is 9.01. The van der Waals surface area contributed by atoms with Gasteiger partial charge in [-0.3, -0.25) is 4.68 Å². The van der Waals surface area contributed by atoms with E-state index in [4.69, 9.17) is 5.73 Å². The zero-order valence-electron chi connectivity index (χ0n) is 11.2. The van der Waals surface area contributed by atoms with Crippen LogP contribution in [0.15, 0.2) is 0 Å². The summed E-state index contributed by atoms with van der Waals surface area (Å²) in [4.78, 5) is 0. The second-order valence-electron chi connectivity index (χ2n) is 5.63. The fourth-order valence-corrected chi connectivity index (χ4v) is 3.25. The highest BCUT2D eigenvalue weighted by atomic mass is 16.3. The van der Waals surface area contributed by atoms with Crippen LogP contribution < -0.4 is 5.73 Å². The van der Waals surface area contributed by atoms with Crippen LogP contribution in [0.4, 0.5) is 0 Å². The molecule has 0 bridgehead atoms. The third-order valence-electron chi connectivity index (χ3n) is 3.99. The van der Waals surface area contributed by atoms with Crippen molar-refractivity contribution < 1.29 is 5.11 Å². The van der Waals surface area contributed by atoms with Crippen molar-refractivity contribution in [2.75, 3.05) is 6.54 Å². The highest BCUT2D eigenvalue weighted by Gasteiger charge is 2.46. The Balaban J connectivity index is 2.45. The summed E-state index contributed by atoms with van der Waals surface area (Å²) in [6, 6.07) is 0.363. The molecule has 1 heterocycles. The number of hydrogen-bond acceptors (Lipinski definition) is 3. The zero-order valence-corrected chi connectivity index (χ0v) is 11.2. The van der Waals surface area contributed by atoms with Gasteiger partial charge in [-0.1, -0.05) is 0 Å². The number of aliphatic hydroxyl groups excluding tert-OH is 1. The molecular formula is C13H23N3O. The smallest absolute Gasteiger partial charge is 0.0634 e. The van der Waals surface area contributed by atoms with Gasteiger partial charge in [-0.25, -0.2) is 0 Å². The fourth-order valence-electron chi connectivity index (χ4n) is 3.25. The number of rotatable bonds is 3. The Morgan fingerprint density at radius 1 is 1.47 bits per heavy atom. The molecule has 1 aromatic rings.